The fraction of sp³-hybridized carbons (Fsp3) is 0.500. The molecule has 0 amide bonds. The average Bonchev–Trinajstić information content (AvgIpc) is 3.22. The van der Waals surface area contributed by atoms with E-state index in [1.54, 1.807) is 19.6 Å². The maximum atomic E-state index is 12.9. The summed E-state index contributed by atoms with van der Waals surface area (Å²) in [5.41, 5.74) is 2.30. The van der Waals surface area contributed by atoms with Gasteiger partial charge in [-0.1, -0.05) is 24.3 Å². The summed E-state index contributed by atoms with van der Waals surface area (Å²) in [7, 11) is 1.70. The molecule has 0 spiro atoms. The molecule has 1 aromatic carbocycles. The molecule has 3 rings (SSSR count). The number of nitrogens with one attached hydrogen (secondary N) is 1. The average molecular weight is 536 g/mol. The van der Waals surface area contributed by atoms with Crippen molar-refractivity contribution in [1.29, 1.82) is 0 Å². The SMILES string of the molecule is CN=C(NCc1ccc(Cn2ccnc2)cc1)N1CCN(C(C)C(F)(F)F)CC1.I. The van der Waals surface area contributed by atoms with E-state index in [1.807, 2.05) is 15.7 Å². The van der Waals surface area contributed by atoms with Crippen molar-refractivity contribution >= 4 is 29.9 Å². The lowest BCUT2D eigenvalue weighted by Crippen LogP contribution is -2.56. The number of alkyl halides is 3. The molecule has 1 fully saturated rings. The van der Waals surface area contributed by atoms with Crippen LogP contribution in [0.2, 0.25) is 0 Å². The van der Waals surface area contributed by atoms with E-state index in [1.165, 1.54) is 17.4 Å². The van der Waals surface area contributed by atoms with Crippen LogP contribution in [0.3, 0.4) is 0 Å². The van der Waals surface area contributed by atoms with E-state index in [0.717, 1.165) is 12.1 Å². The second kappa shape index (κ2) is 11.0. The quantitative estimate of drug-likeness (QED) is 0.363. The molecule has 1 saturated heterocycles. The number of imidazole rings is 1. The van der Waals surface area contributed by atoms with Crippen LogP contribution in [0.4, 0.5) is 13.2 Å². The molecule has 1 unspecified atom stereocenters. The number of halogens is 4. The first-order chi connectivity index (χ1) is 13.9. The highest BCUT2D eigenvalue weighted by Gasteiger charge is 2.41. The van der Waals surface area contributed by atoms with Crippen LogP contribution in [-0.4, -0.2) is 70.8 Å². The predicted molar refractivity (Wildman–Crippen MR) is 122 cm³/mol. The zero-order valence-electron chi connectivity index (χ0n) is 17.1. The van der Waals surface area contributed by atoms with E-state index in [0.29, 0.717) is 38.7 Å². The highest BCUT2D eigenvalue weighted by atomic mass is 127. The molecule has 2 aromatic rings. The monoisotopic (exact) mass is 536 g/mol. The molecule has 2 heterocycles. The lowest BCUT2D eigenvalue weighted by Gasteiger charge is -2.39. The summed E-state index contributed by atoms with van der Waals surface area (Å²) in [5, 5.41) is 3.31. The number of aromatic nitrogens is 2. The lowest BCUT2D eigenvalue weighted by molar-refractivity contribution is -0.181. The summed E-state index contributed by atoms with van der Waals surface area (Å²) in [4.78, 5) is 11.8. The third-order valence-electron chi connectivity index (χ3n) is 5.24. The van der Waals surface area contributed by atoms with Crippen molar-refractivity contribution in [3.63, 3.8) is 0 Å². The van der Waals surface area contributed by atoms with Gasteiger partial charge in [0.25, 0.3) is 0 Å². The Bertz CT molecular complexity index is 784. The van der Waals surface area contributed by atoms with E-state index >= 15 is 0 Å². The first-order valence-electron chi connectivity index (χ1n) is 9.66. The van der Waals surface area contributed by atoms with Crippen LogP contribution in [0.1, 0.15) is 18.1 Å². The van der Waals surface area contributed by atoms with E-state index in [-0.39, 0.29) is 24.0 Å². The van der Waals surface area contributed by atoms with Crippen LogP contribution in [0.25, 0.3) is 0 Å². The van der Waals surface area contributed by atoms with Crippen molar-refractivity contribution in [3.05, 3.63) is 54.1 Å². The van der Waals surface area contributed by atoms with Gasteiger partial charge in [0.2, 0.25) is 0 Å². The van der Waals surface area contributed by atoms with Crippen LogP contribution >= 0.6 is 24.0 Å². The predicted octanol–water partition coefficient (Wildman–Crippen LogP) is 3.19. The van der Waals surface area contributed by atoms with Crippen LogP contribution in [-0.2, 0) is 13.1 Å². The Morgan fingerprint density at radius 1 is 1.13 bits per heavy atom. The van der Waals surface area contributed by atoms with Gasteiger partial charge in [0.1, 0.15) is 6.04 Å². The Labute approximate surface area is 192 Å². The molecule has 1 aliphatic heterocycles. The highest BCUT2D eigenvalue weighted by molar-refractivity contribution is 14.0. The maximum Gasteiger partial charge on any atom is 0.403 e. The number of benzene rings is 1. The Morgan fingerprint density at radius 3 is 2.30 bits per heavy atom. The Morgan fingerprint density at radius 2 is 1.77 bits per heavy atom. The van der Waals surface area contributed by atoms with Gasteiger partial charge in [0, 0.05) is 58.7 Å². The Kier molecular flexibility index (Phi) is 8.95. The highest BCUT2D eigenvalue weighted by Crippen LogP contribution is 2.25. The fourth-order valence-corrected chi connectivity index (χ4v) is 3.40. The topological polar surface area (TPSA) is 48.7 Å². The number of nitrogens with zero attached hydrogens (tertiary/aromatic N) is 5. The second-order valence-electron chi connectivity index (χ2n) is 7.19. The number of rotatable bonds is 5. The molecule has 166 valence electrons. The minimum Gasteiger partial charge on any atom is -0.352 e. The van der Waals surface area contributed by atoms with Crippen molar-refractivity contribution in [3.8, 4) is 0 Å². The largest absolute Gasteiger partial charge is 0.403 e. The number of guanidine groups is 1. The molecule has 30 heavy (non-hydrogen) atoms. The van der Waals surface area contributed by atoms with E-state index in [9.17, 15) is 13.2 Å². The van der Waals surface area contributed by atoms with Crippen molar-refractivity contribution in [1.82, 2.24) is 24.7 Å². The molecule has 0 aliphatic carbocycles. The van der Waals surface area contributed by atoms with E-state index < -0.39 is 12.2 Å². The molecular formula is C20H28F3IN6. The number of aliphatic imine (C=N–C) groups is 1. The number of hydrogen-bond acceptors (Lipinski definition) is 3. The summed E-state index contributed by atoms with van der Waals surface area (Å²) in [6.45, 7) is 4.37. The third-order valence-corrected chi connectivity index (χ3v) is 5.24. The standard InChI is InChI=1S/C20H27F3N6.HI/c1-16(20(21,22)23)28-9-11-29(12-10-28)19(24-2)26-13-17-3-5-18(6-4-17)14-27-8-7-25-15-27;/h3-8,15-16H,9-14H2,1-2H3,(H,24,26);1H. The van der Waals surface area contributed by atoms with Crippen molar-refractivity contribution in [2.45, 2.75) is 32.2 Å². The molecule has 1 N–H and O–H groups in total. The third kappa shape index (κ3) is 6.59. The lowest BCUT2D eigenvalue weighted by atomic mass is 10.1. The summed E-state index contributed by atoms with van der Waals surface area (Å²) >= 11 is 0. The van der Waals surface area contributed by atoms with Crippen molar-refractivity contribution in [2.24, 2.45) is 4.99 Å². The first kappa shape index (κ1) is 24.4. The van der Waals surface area contributed by atoms with E-state index in [2.05, 4.69) is 39.6 Å². The second-order valence-corrected chi connectivity index (χ2v) is 7.19. The molecular weight excluding hydrogens is 508 g/mol. The molecule has 6 nitrogen and oxygen atoms in total. The molecule has 0 bridgehead atoms. The van der Waals surface area contributed by atoms with Gasteiger partial charge < -0.3 is 14.8 Å². The molecule has 0 saturated carbocycles. The van der Waals surface area contributed by atoms with Gasteiger partial charge in [-0.15, -0.1) is 24.0 Å². The molecule has 0 radical (unpaired) electrons. The minimum absolute atomic E-state index is 0. The van der Waals surface area contributed by atoms with Crippen LogP contribution in [0.5, 0.6) is 0 Å². The normalized spacial score (nSPS) is 16.8. The molecule has 1 atom stereocenters. The van der Waals surface area contributed by atoms with Crippen molar-refractivity contribution < 1.29 is 13.2 Å². The summed E-state index contributed by atoms with van der Waals surface area (Å²) in [5.74, 6) is 0.715. The molecule has 1 aromatic heterocycles. The van der Waals surface area contributed by atoms with Gasteiger partial charge >= 0.3 is 6.18 Å². The van der Waals surface area contributed by atoms with Gasteiger partial charge in [-0.25, -0.2) is 4.98 Å². The maximum absolute atomic E-state index is 12.9. The van der Waals surface area contributed by atoms with Gasteiger partial charge in [-0.2, -0.15) is 13.2 Å². The summed E-state index contributed by atoms with van der Waals surface area (Å²) in [6, 6.07) is 6.87. The van der Waals surface area contributed by atoms with Crippen LogP contribution in [0.15, 0.2) is 48.0 Å². The van der Waals surface area contributed by atoms with Crippen molar-refractivity contribution in [2.75, 3.05) is 33.2 Å². The summed E-state index contributed by atoms with van der Waals surface area (Å²) < 4.78 is 40.7. The van der Waals surface area contributed by atoms with Crippen LogP contribution in [0, 0.1) is 0 Å². The molecule has 1 aliphatic rings. The van der Waals surface area contributed by atoms with E-state index in [4.69, 9.17) is 0 Å². The Balaban J connectivity index is 0.00000320. The van der Waals surface area contributed by atoms with Gasteiger partial charge in [0.15, 0.2) is 5.96 Å². The fourth-order valence-electron chi connectivity index (χ4n) is 3.40. The Hall–Kier alpha value is -1.82. The van der Waals surface area contributed by atoms with Crippen LogP contribution < -0.4 is 5.32 Å². The molecule has 10 heteroatoms. The number of piperazine rings is 1. The summed E-state index contributed by atoms with van der Waals surface area (Å²) in [6.07, 6.45) is 1.28. The first-order valence-corrected chi connectivity index (χ1v) is 9.66. The van der Waals surface area contributed by atoms with Gasteiger partial charge in [-0.05, 0) is 18.1 Å². The van der Waals surface area contributed by atoms with Gasteiger partial charge in [-0.3, -0.25) is 9.89 Å². The zero-order valence-corrected chi connectivity index (χ0v) is 19.5. The zero-order chi connectivity index (χ0) is 20.9. The van der Waals surface area contributed by atoms with Gasteiger partial charge in [0.05, 0.1) is 6.33 Å². The number of hydrogen-bond donors (Lipinski definition) is 1. The smallest absolute Gasteiger partial charge is 0.352 e. The minimum atomic E-state index is -4.19.